The van der Waals surface area contributed by atoms with Crippen LogP contribution in [0.25, 0.3) is 16.5 Å². The number of aromatic nitrogens is 3. The molecule has 0 saturated heterocycles. The summed E-state index contributed by atoms with van der Waals surface area (Å²) in [6.07, 6.45) is 2.38. The van der Waals surface area contributed by atoms with E-state index in [9.17, 15) is 9.59 Å². The highest BCUT2D eigenvalue weighted by Gasteiger charge is 2.22. The van der Waals surface area contributed by atoms with Crippen LogP contribution in [0.2, 0.25) is 0 Å². The first-order valence-corrected chi connectivity index (χ1v) is 14.0. The predicted octanol–water partition coefficient (Wildman–Crippen LogP) is 7.98. The normalized spacial score (nSPS) is 11.4. The van der Waals surface area contributed by atoms with Crippen molar-refractivity contribution in [1.82, 2.24) is 14.8 Å². The van der Waals surface area contributed by atoms with Gasteiger partial charge in [-0.2, -0.15) is 5.10 Å². The van der Waals surface area contributed by atoms with Gasteiger partial charge in [-0.25, -0.2) is 9.48 Å². The van der Waals surface area contributed by atoms with E-state index in [1.807, 2.05) is 80.6 Å². The van der Waals surface area contributed by atoms with Crippen LogP contribution in [0.4, 0.5) is 16.3 Å². The van der Waals surface area contributed by atoms with Crippen molar-refractivity contribution in [3.05, 3.63) is 102 Å². The second-order valence-corrected chi connectivity index (χ2v) is 11.3. The second-order valence-electron chi connectivity index (χ2n) is 11.3. The minimum atomic E-state index is -0.387. The Labute approximate surface area is 245 Å². The fourth-order valence-electron chi connectivity index (χ4n) is 4.53. The quantitative estimate of drug-likeness (QED) is 0.200. The van der Waals surface area contributed by atoms with Crippen LogP contribution < -0.4 is 15.4 Å². The van der Waals surface area contributed by atoms with Crippen molar-refractivity contribution in [3.8, 4) is 17.2 Å². The van der Waals surface area contributed by atoms with E-state index >= 15 is 0 Å². The number of Topliss-reactive ketones (excluding diaryl/α,β-unsaturated/α-hetero) is 1. The maximum absolute atomic E-state index is 13.3. The summed E-state index contributed by atoms with van der Waals surface area (Å²) in [4.78, 5) is 29.5. The lowest BCUT2D eigenvalue weighted by molar-refractivity contribution is -0.118. The molecule has 5 aromatic rings. The smallest absolute Gasteiger partial charge is 0.324 e. The molecule has 3 aromatic carbocycles. The van der Waals surface area contributed by atoms with E-state index in [0.717, 1.165) is 27.7 Å². The number of fused-ring (bicyclic) bond motifs is 1. The van der Waals surface area contributed by atoms with Crippen molar-refractivity contribution in [3.63, 3.8) is 0 Å². The Balaban J connectivity index is 1.40. The number of nitrogens with zero attached hydrogens (tertiary/aromatic N) is 3. The number of anilines is 2. The van der Waals surface area contributed by atoms with Crippen LogP contribution in [0.5, 0.6) is 11.5 Å². The Morgan fingerprint density at radius 3 is 2.36 bits per heavy atom. The standard InChI is InChI=1S/C34H35N5O3/c1-6-25(40)19-23-20-26(17-18-35-23)42-30-16-15-29(27-9-7-8-10-28(27)30)36-33(41)37-32-21-31(34(3,4)5)38-39(32)24-13-11-22(2)12-14-24/h7-18,20-21H,6,19H2,1-5H3,(H2,36,37,41). The van der Waals surface area contributed by atoms with Crippen molar-refractivity contribution < 1.29 is 14.3 Å². The number of nitrogens with one attached hydrogen (secondary N) is 2. The molecule has 0 aliphatic carbocycles. The number of ketones is 1. The van der Waals surface area contributed by atoms with Gasteiger partial charge in [-0.3, -0.25) is 15.1 Å². The number of hydrogen-bond donors (Lipinski definition) is 2. The number of rotatable bonds is 8. The topological polar surface area (TPSA) is 98.1 Å². The number of amides is 2. The number of pyridine rings is 1. The van der Waals surface area contributed by atoms with Gasteiger partial charge in [0.2, 0.25) is 0 Å². The predicted molar refractivity (Wildman–Crippen MR) is 167 cm³/mol. The van der Waals surface area contributed by atoms with Crippen LogP contribution in [0.15, 0.2) is 85.1 Å². The molecule has 2 amide bonds. The molecule has 0 fully saturated rings. The molecular weight excluding hydrogens is 526 g/mol. The van der Waals surface area contributed by atoms with Crippen LogP contribution in [0.3, 0.4) is 0 Å². The van der Waals surface area contributed by atoms with Crippen LogP contribution in [-0.4, -0.2) is 26.6 Å². The van der Waals surface area contributed by atoms with Crippen LogP contribution in [0, 0.1) is 6.92 Å². The number of urea groups is 1. The number of carbonyl (C=O) groups is 2. The Morgan fingerprint density at radius 1 is 0.905 bits per heavy atom. The first kappa shape index (κ1) is 28.5. The zero-order valence-electron chi connectivity index (χ0n) is 24.6. The van der Waals surface area contributed by atoms with E-state index < -0.39 is 0 Å². The molecule has 0 unspecified atom stereocenters. The van der Waals surface area contributed by atoms with Gasteiger partial charge in [0.05, 0.1) is 22.8 Å². The summed E-state index contributed by atoms with van der Waals surface area (Å²) in [5.74, 6) is 1.91. The number of ether oxygens (including phenoxy) is 1. The Morgan fingerprint density at radius 2 is 1.64 bits per heavy atom. The molecule has 0 spiro atoms. The monoisotopic (exact) mass is 561 g/mol. The highest BCUT2D eigenvalue weighted by atomic mass is 16.5. The fourth-order valence-corrected chi connectivity index (χ4v) is 4.53. The molecule has 0 aliphatic rings. The molecule has 2 N–H and O–H groups in total. The zero-order chi connectivity index (χ0) is 29.9. The molecule has 8 heteroatoms. The lowest BCUT2D eigenvalue weighted by Gasteiger charge is -2.14. The summed E-state index contributed by atoms with van der Waals surface area (Å²) in [5, 5.41) is 12.5. The van der Waals surface area contributed by atoms with E-state index in [0.29, 0.717) is 35.1 Å². The van der Waals surface area contributed by atoms with Gasteiger partial charge in [-0.15, -0.1) is 0 Å². The van der Waals surface area contributed by atoms with E-state index in [-0.39, 0.29) is 23.7 Å². The maximum Gasteiger partial charge on any atom is 0.324 e. The Bertz CT molecular complexity index is 1750. The molecular formula is C34H35N5O3. The second kappa shape index (κ2) is 11.9. The fraction of sp³-hybridized carbons (Fsp3) is 0.235. The maximum atomic E-state index is 13.3. The first-order chi connectivity index (χ1) is 20.1. The molecule has 0 radical (unpaired) electrons. The van der Waals surface area contributed by atoms with Crippen LogP contribution in [0.1, 0.15) is 51.1 Å². The van der Waals surface area contributed by atoms with Crippen molar-refractivity contribution >= 4 is 34.1 Å². The molecule has 0 bridgehead atoms. The van der Waals surface area contributed by atoms with E-state index in [1.54, 1.807) is 23.0 Å². The molecule has 2 heterocycles. The SMILES string of the molecule is CCC(=O)Cc1cc(Oc2ccc(NC(=O)Nc3cc(C(C)(C)C)nn3-c3ccc(C)cc3)c3ccccc23)ccn1. The highest BCUT2D eigenvalue weighted by Crippen LogP contribution is 2.35. The Hall–Kier alpha value is -4.98. The Kier molecular flexibility index (Phi) is 8.06. The van der Waals surface area contributed by atoms with Gasteiger partial charge >= 0.3 is 6.03 Å². The van der Waals surface area contributed by atoms with E-state index in [1.165, 1.54) is 0 Å². The summed E-state index contributed by atoms with van der Waals surface area (Å²) < 4.78 is 7.98. The summed E-state index contributed by atoms with van der Waals surface area (Å²) in [7, 11) is 0. The summed E-state index contributed by atoms with van der Waals surface area (Å²) in [6.45, 7) is 10.1. The largest absolute Gasteiger partial charge is 0.457 e. The summed E-state index contributed by atoms with van der Waals surface area (Å²) in [6, 6.07) is 24.4. The minimum absolute atomic E-state index is 0.121. The van der Waals surface area contributed by atoms with Crippen molar-refractivity contribution in [1.29, 1.82) is 0 Å². The van der Waals surface area contributed by atoms with Crippen molar-refractivity contribution in [2.24, 2.45) is 0 Å². The number of hydrogen-bond acceptors (Lipinski definition) is 5. The number of benzene rings is 3. The van der Waals surface area contributed by atoms with Crippen LogP contribution in [-0.2, 0) is 16.6 Å². The van der Waals surface area contributed by atoms with Gasteiger partial charge in [0, 0.05) is 47.4 Å². The average molecular weight is 562 g/mol. The van der Waals surface area contributed by atoms with E-state index in [4.69, 9.17) is 9.84 Å². The number of aryl methyl sites for hydroxylation is 1. The lowest BCUT2D eigenvalue weighted by atomic mass is 9.92. The van der Waals surface area contributed by atoms with Gasteiger partial charge in [-0.05, 0) is 37.3 Å². The summed E-state index contributed by atoms with van der Waals surface area (Å²) >= 11 is 0. The summed E-state index contributed by atoms with van der Waals surface area (Å²) in [5.41, 5.74) is 3.97. The van der Waals surface area contributed by atoms with E-state index in [2.05, 4.69) is 36.4 Å². The molecule has 5 rings (SSSR count). The van der Waals surface area contributed by atoms with Crippen molar-refractivity contribution in [2.75, 3.05) is 10.6 Å². The lowest BCUT2D eigenvalue weighted by Crippen LogP contribution is -2.21. The van der Waals surface area contributed by atoms with Gasteiger partial charge in [0.25, 0.3) is 0 Å². The van der Waals surface area contributed by atoms with Gasteiger partial charge < -0.3 is 10.1 Å². The van der Waals surface area contributed by atoms with Gasteiger partial charge in [0.1, 0.15) is 23.1 Å². The third-order valence-corrected chi connectivity index (χ3v) is 6.92. The van der Waals surface area contributed by atoms with Crippen LogP contribution >= 0.6 is 0 Å². The third kappa shape index (κ3) is 6.49. The number of carbonyl (C=O) groups excluding carboxylic acids is 2. The molecule has 214 valence electrons. The molecule has 2 aromatic heterocycles. The average Bonchev–Trinajstić information content (AvgIpc) is 3.39. The highest BCUT2D eigenvalue weighted by molar-refractivity contribution is 6.07. The minimum Gasteiger partial charge on any atom is -0.457 e. The first-order valence-electron chi connectivity index (χ1n) is 14.0. The molecule has 8 nitrogen and oxygen atoms in total. The van der Waals surface area contributed by atoms with Crippen molar-refractivity contribution in [2.45, 2.75) is 52.9 Å². The third-order valence-electron chi connectivity index (χ3n) is 6.92. The zero-order valence-corrected chi connectivity index (χ0v) is 24.6. The van der Waals surface area contributed by atoms with Gasteiger partial charge in [0.15, 0.2) is 0 Å². The molecule has 42 heavy (non-hydrogen) atoms. The molecule has 0 aliphatic heterocycles. The molecule has 0 atom stereocenters. The van der Waals surface area contributed by atoms with Gasteiger partial charge in [-0.1, -0.05) is 69.7 Å². The molecule has 0 saturated carbocycles.